The van der Waals surface area contributed by atoms with Crippen LogP contribution in [-0.2, 0) is 9.59 Å². The summed E-state index contributed by atoms with van der Waals surface area (Å²) in [6.45, 7) is 3.61. The van der Waals surface area contributed by atoms with Crippen LogP contribution in [0.15, 0.2) is 59.2 Å². The van der Waals surface area contributed by atoms with Gasteiger partial charge in [0.2, 0.25) is 11.8 Å². The molecule has 4 aliphatic rings. The van der Waals surface area contributed by atoms with E-state index in [0.29, 0.717) is 31.5 Å². The van der Waals surface area contributed by atoms with E-state index in [-0.39, 0.29) is 18.0 Å². The second kappa shape index (κ2) is 7.93. The molecule has 180 valence electrons. The van der Waals surface area contributed by atoms with E-state index in [1.54, 1.807) is 6.26 Å². The summed E-state index contributed by atoms with van der Waals surface area (Å²) in [5, 5.41) is 8.02. The van der Waals surface area contributed by atoms with Gasteiger partial charge in [-0.1, -0.05) is 30.3 Å². The monoisotopic (exact) mass is 470 g/mol. The van der Waals surface area contributed by atoms with Crippen molar-refractivity contribution in [1.29, 1.82) is 0 Å². The summed E-state index contributed by atoms with van der Waals surface area (Å²) in [5.74, 6) is 1.09. The molecule has 3 saturated heterocycles. The first-order valence-electron chi connectivity index (χ1n) is 12.8. The van der Waals surface area contributed by atoms with E-state index in [1.165, 1.54) is 0 Å². The number of fused-ring (bicyclic) bond motifs is 1. The zero-order valence-corrected chi connectivity index (χ0v) is 19.7. The molecule has 7 nitrogen and oxygen atoms in total. The van der Waals surface area contributed by atoms with E-state index in [9.17, 15) is 9.59 Å². The first-order chi connectivity index (χ1) is 17.1. The molecule has 4 fully saturated rings. The van der Waals surface area contributed by atoms with Gasteiger partial charge < -0.3 is 19.5 Å². The van der Waals surface area contributed by atoms with Gasteiger partial charge in [-0.3, -0.25) is 14.9 Å². The molecule has 1 saturated carbocycles. The number of furan rings is 1. The average molecular weight is 471 g/mol. The highest BCUT2D eigenvalue weighted by molar-refractivity contribution is 5.91. The Bertz CT molecular complexity index is 1290. The van der Waals surface area contributed by atoms with Crippen LogP contribution in [0.3, 0.4) is 0 Å². The van der Waals surface area contributed by atoms with Crippen LogP contribution in [0.2, 0.25) is 0 Å². The van der Waals surface area contributed by atoms with Crippen molar-refractivity contribution in [2.24, 2.45) is 11.8 Å². The molecule has 1 aliphatic carbocycles. The standard InChI is InChI=1S/C28H30N4O3/c33-26(21-5-6-21)31-11-9-18(14-31)15-32-25(30-28(27(32)34)16-29-17-28)20-3-1-19(2-4-20)22-7-8-24-23(13-22)10-12-35-24/h1-4,7-8,10,12-13,18,21,25,29-30H,5-6,9,11,14-17H2/t18-,25?/m1/s1. The van der Waals surface area contributed by atoms with Crippen molar-refractivity contribution in [2.45, 2.75) is 31.0 Å². The second-order valence-electron chi connectivity index (χ2n) is 10.7. The second-order valence-corrected chi connectivity index (χ2v) is 10.7. The lowest BCUT2D eigenvalue weighted by molar-refractivity contribution is -0.135. The Morgan fingerprint density at radius 2 is 1.83 bits per heavy atom. The van der Waals surface area contributed by atoms with Crippen molar-refractivity contribution in [3.8, 4) is 11.1 Å². The third kappa shape index (κ3) is 3.56. The Morgan fingerprint density at radius 3 is 2.57 bits per heavy atom. The fraction of sp³-hybridized carbons (Fsp3) is 0.429. The Hall–Kier alpha value is -3.16. The molecule has 1 aromatic heterocycles. The Morgan fingerprint density at radius 1 is 1.03 bits per heavy atom. The first-order valence-corrected chi connectivity index (χ1v) is 12.8. The fourth-order valence-electron chi connectivity index (χ4n) is 5.93. The summed E-state index contributed by atoms with van der Waals surface area (Å²) in [4.78, 5) is 30.1. The minimum Gasteiger partial charge on any atom is -0.464 e. The number of likely N-dealkylation sites (tertiary alicyclic amines) is 1. The van der Waals surface area contributed by atoms with Crippen LogP contribution in [0, 0.1) is 11.8 Å². The molecular weight excluding hydrogens is 440 g/mol. The molecule has 1 spiro atoms. The normalized spacial score (nSPS) is 25.5. The molecule has 7 heteroatoms. The van der Waals surface area contributed by atoms with Gasteiger partial charge >= 0.3 is 0 Å². The molecule has 2 amide bonds. The predicted molar refractivity (Wildman–Crippen MR) is 132 cm³/mol. The van der Waals surface area contributed by atoms with Gasteiger partial charge in [-0.05, 0) is 60.1 Å². The quantitative estimate of drug-likeness (QED) is 0.599. The third-order valence-corrected chi connectivity index (χ3v) is 8.24. The largest absolute Gasteiger partial charge is 0.464 e. The zero-order chi connectivity index (χ0) is 23.6. The molecule has 35 heavy (non-hydrogen) atoms. The van der Waals surface area contributed by atoms with Crippen LogP contribution in [0.25, 0.3) is 22.1 Å². The zero-order valence-electron chi connectivity index (χ0n) is 19.7. The summed E-state index contributed by atoms with van der Waals surface area (Å²) in [5.41, 5.74) is 3.76. The van der Waals surface area contributed by atoms with Crippen LogP contribution < -0.4 is 10.6 Å². The van der Waals surface area contributed by atoms with Crippen molar-refractivity contribution in [2.75, 3.05) is 32.7 Å². The Labute approximate surface area is 204 Å². The van der Waals surface area contributed by atoms with Gasteiger partial charge in [-0.25, -0.2) is 0 Å². The maximum absolute atomic E-state index is 13.5. The summed E-state index contributed by atoms with van der Waals surface area (Å²) in [7, 11) is 0. The maximum Gasteiger partial charge on any atom is 0.247 e. The van der Waals surface area contributed by atoms with Gasteiger partial charge in [-0.2, -0.15) is 0 Å². The molecule has 3 aliphatic heterocycles. The van der Waals surface area contributed by atoms with Crippen molar-refractivity contribution in [3.05, 3.63) is 60.4 Å². The Kier molecular flexibility index (Phi) is 4.79. The summed E-state index contributed by atoms with van der Waals surface area (Å²) >= 11 is 0. The number of nitrogens with one attached hydrogen (secondary N) is 2. The topological polar surface area (TPSA) is 77.8 Å². The highest BCUT2D eigenvalue weighted by atomic mass is 16.3. The van der Waals surface area contributed by atoms with Crippen molar-refractivity contribution >= 4 is 22.8 Å². The number of hydrogen-bond donors (Lipinski definition) is 2. The molecular formula is C28H30N4O3. The number of carbonyl (C=O) groups is 2. The number of rotatable bonds is 5. The van der Waals surface area contributed by atoms with Gasteiger partial charge in [0.15, 0.2) is 0 Å². The van der Waals surface area contributed by atoms with Crippen molar-refractivity contribution in [3.63, 3.8) is 0 Å². The molecule has 2 N–H and O–H groups in total. The fourth-order valence-corrected chi connectivity index (χ4v) is 5.93. The van der Waals surface area contributed by atoms with Crippen LogP contribution in [0.4, 0.5) is 0 Å². The lowest BCUT2D eigenvalue weighted by Gasteiger charge is -2.37. The van der Waals surface area contributed by atoms with Gasteiger partial charge in [0, 0.05) is 44.0 Å². The first kappa shape index (κ1) is 21.1. The van der Waals surface area contributed by atoms with Gasteiger partial charge in [0.05, 0.1) is 6.26 Å². The van der Waals surface area contributed by atoms with E-state index in [2.05, 4.69) is 47.0 Å². The lowest BCUT2D eigenvalue weighted by atomic mass is 9.92. The summed E-state index contributed by atoms with van der Waals surface area (Å²) in [6.07, 6.45) is 4.61. The van der Waals surface area contributed by atoms with Gasteiger partial charge in [-0.15, -0.1) is 0 Å². The third-order valence-electron chi connectivity index (χ3n) is 8.24. The minimum atomic E-state index is -0.502. The predicted octanol–water partition coefficient (Wildman–Crippen LogP) is 3.13. The molecule has 2 aromatic carbocycles. The molecule has 2 atom stereocenters. The van der Waals surface area contributed by atoms with Crippen LogP contribution in [-0.4, -0.2) is 59.9 Å². The number of amides is 2. The molecule has 0 radical (unpaired) electrons. The number of nitrogens with zero attached hydrogens (tertiary/aromatic N) is 2. The number of benzene rings is 2. The lowest BCUT2D eigenvalue weighted by Crippen LogP contribution is -2.69. The van der Waals surface area contributed by atoms with Gasteiger partial charge in [0.25, 0.3) is 0 Å². The molecule has 3 aromatic rings. The minimum absolute atomic E-state index is 0.150. The molecule has 1 unspecified atom stereocenters. The van der Waals surface area contributed by atoms with Crippen LogP contribution >= 0.6 is 0 Å². The van der Waals surface area contributed by atoms with E-state index in [4.69, 9.17) is 4.42 Å². The number of hydrogen-bond acceptors (Lipinski definition) is 5. The number of carbonyl (C=O) groups excluding carboxylic acids is 2. The Balaban J connectivity index is 1.12. The van der Waals surface area contributed by atoms with Gasteiger partial charge in [0.1, 0.15) is 17.3 Å². The van der Waals surface area contributed by atoms with Crippen molar-refractivity contribution in [1.82, 2.24) is 20.4 Å². The summed E-state index contributed by atoms with van der Waals surface area (Å²) < 4.78 is 5.47. The smallest absolute Gasteiger partial charge is 0.247 e. The molecule has 7 rings (SSSR count). The van der Waals surface area contributed by atoms with E-state index < -0.39 is 5.54 Å². The molecule has 4 heterocycles. The maximum atomic E-state index is 13.5. The van der Waals surface area contributed by atoms with Crippen LogP contribution in [0.1, 0.15) is 31.0 Å². The highest BCUT2D eigenvalue weighted by Gasteiger charge is 2.55. The highest BCUT2D eigenvalue weighted by Crippen LogP contribution is 2.37. The van der Waals surface area contributed by atoms with Crippen molar-refractivity contribution < 1.29 is 14.0 Å². The van der Waals surface area contributed by atoms with E-state index in [1.807, 2.05) is 21.9 Å². The average Bonchev–Trinajstić information content (AvgIpc) is 3.29. The van der Waals surface area contributed by atoms with E-state index >= 15 is 0 Å². The van der Waals surface area contributed by atoms with E-state index in [0.717, 1.165) is 60.0 Å². The summed E-state index contributed by atoms with van der Waals surface area (Å²) in [6, 6.07) is 16.7. The molecule has 0 bridgehead atoms. The van der Waals surface area contributed by atoms with Crippen LogP contribution in [0.5, 0.6) is 0 Å². The SMILES string of the molecule is O=C(C1CC1)N1CC[C@@H](CN2C(=O)C3(CNC3)NC2c2ccc(-c3ccc4occc4c3)cc2)C1.